The lowest BCUT2D eigenvalue weighted by Gasteiger charge is -2.32. The highest BCUT2D eigenvalue weighted by Gasteiger charge is 2.23. The van der Waals surface area contributed by atoms with Gasteiger partial charge in [0.25, 0.3) is 5.91 Å². The molecule has 146 valence electrons. The third-order valence-electron chi connectivity index (χ3n) is 5.03. The number of rotatable bonds is 5. The number of likely N-dealkylation sites (N-methyl/N-ethyl adjacent to an activating group) is 1. The number of piperazine rings is 1. The summed E-state index contributed by atoms with van der Waals surface area (Å²) in [5.74, 6) is -0.829. The van der Waals surface area contributed by atoms with E-state index in [9.17, 15) is 9.18 Å². The minimum Gasteiger partial charge on any atom is -0.399 e. The van der Waals surface area contributed by atoms with Crippen molar-refractivity contribution in [2.24, 2.45) is 5.73 Å². The summed E-state index contributed by atoms with van der Waals surface area (Å²) in [7, 11) is 2.00. The van der Waals surface area contributed by atoms with Crippen LogP contribution in [-0.4, -0.2) is 54.6 Å². The highest BCUT2D eigenvalue weighted by Crippen LogP contribution is 2.19. The number of halogens is 1. The molecule has 5 nitrogen and oxygen atoms in total. The lowest BCUT2D eigenvalue weighted by atomic mass is 9.95. The summed E-state index contributed by atoms with van der Waals surface area (Å²) in [6.07, 6.45) is 0.271. The van der Waals surface area contributed by atoms with Gasteiger partial charge in [-0.05, 0) is 24.7 Å². The smallest absolute Gasteiger partial charge is 0.256 e. The van der Waals surface area contributed by atoms with Crippen molar-refractivity contribution in [3.05, 3.63) is 77.1 Å². The third-order valence-corrected chi connectivity index (χ3v) is 5.03. The summed E-state index contributed by atoms with van der Waals surface area (Å²) in [5.41, 5.74) is 8.73. The van der Waals surface area contributed by atoms with Gasteiger partial charge in [-0.15, -0.1) is 0 Å². The van der Waals surface area contributed by atoms with Crippen molar-refractivity contribution in [2.75, 3.05) is 33.2 Å². The van der Waals surface area contributed by atoms with Crippen LogP contribution in [0.4, 0.5) is 4.39 Å². The maximum absolute atomic E-state index is 14.3. The Bertz CT molecular complexity index is 917. The van der Waals surface area contributed by atoms with E-state index in [2.05, 4.69) is 11.5 Å². The molecule has 3 rings (SSSR count). The Morgan fingerprint density at radius 2 is 1.75 bits per heavy atom. The molecule has 0 saturated carbocycles. The van der Waals surface area contributed by atoms with E-state index in [1.54, 1.807) is 17.0 Å². The number of nitrogens with two attached hydrogens (primary N) is 1. The molecule has 1 aliphatic heterocycles. The maximum Gasteiger partial charge on any atom is 0.256 e. The van der Waals surface area contributed by atoms with Crippen molar-refractivity contribution >= 4 is 17.3 Å². The fraction of sp³-hybridized carbons (Fsp3) is 0.273. The number of carbonyl (C=O) groups excluding carboxylic acids is 1. The summed E-state index contributed by atoms with van der Waals surface area (Å²) in [4.78, 5) is 16.6. The fourth-order valence-electron chi connectivity index (χ4n) is 3.35. The Balaban J connectivity index is 1.81. The van der Waals surface area contributed by atoms with Crippen LogP contribution in [0.5, 0.6) is 0 Å². The van der Waals surface area contributed by atoms with Crippen LogP contribution in [0.2, 0.25) is 0 Å². The Hall–Kier alpha value is -2.99. The average Bonchev–Trinajstić information content (AvgIpc) is 2.69. The number of amides is 1. The molecule has 3 N–H and O–H groups in total. The van der Waals surface area contributed by atoms with E-state index < -0.39 is 5.82 Å². The molecule has 0 aromatic heterocycles. The van der Waals surface area contributed by atoms with E-state index in [-0.39, 0.29) is 17.9 Å². The zero-order valence-electron chi connectivity index (χ0n) is 16.0. The Labute approximate surface area is 164 Å². The molecule has 0 spiro atoms. The van der Waals surface area contributed by atoms with E-state index in [0.29, 0.717) is 41.2 Å². The van der Waals surface area contributed by atoms with Gasteiger partial charge in [0, 0.05) is 55.1 Å². The molecule has 1 aliphatic rings. The number of benzene rings is 2. The number of hydrogen-bond acceptors (Lipinski definition) is 4. The predicted molar refractivity (Wildman–Crippen MR) is 110 cm³/mol. The van der Waals surface area contributed by atoms with E-state index in [4.69, 9.17) is 11.1 Å². The van der Waals surface area contributed by atoms with Gasteiger partial charge in [0.2, 0.25) is 0 Å². The summed E-state index contributed by atoms with van der Waals surface area (Å²) in [6.45, 7) is 6.48. The van der Waals surface area contributed by atoms with Crippen molar-refractivity contribution < 1.29 is 9.18 Å². The van der Waals surface area contributed by atoms with Crippen molar-refractivity contribution in [1.82, 2.24) is 9.80 Å². The minimum atomic E-state index is -0.532. The molecule has 0 atom stereocenters. The Morgan fingerprint density at radius 3 is 2.39 bits per heavy atom. The van der Waals surface area contributed by atoms with Crippen LogP contribution in [0.25, 0.3) is 5.70 Å². The van der Waals surface area contributed by atoms with Crippen molar-refractivity contribution in [3.8, 4) is 0 Å². The second-order valence-electron chi connectivity index (χ2n) is 7.14. The van der Waals surface area contributed by atoms with Crippen LogP contribution in [0.3, 0.4) is 0 Å². The van der Waals surface area contributed by atoms with E-state index in [1.807, 2.05) is 31.3 Å². The summed E-state index contributed by atoms with van der Waals surface area (Å²) in [6, 6.07) is 11.8. The second kappa shape index (κ2) is 8.35. The van der Waals surface area contributed by atoms with E-state index in [0.717, 1.165) is 13.1 Å². The topological polar surface area (TPSA) is 73.4 Å². The Morgan fingerprint density at radius 1 is 1.11 bits per heavy atom. The molecule has 1 amide bonds. The first kappa shape index (κ1) is 19.8. The molecule has 1 heterocycles. The molecule has 1 fully saturated rings. The molecule has 0 aliphatic carbocycles. The minimum absolute atomic E-state index is 0.0615. The second-order valence-corrected chi connectivity index (χ2v) is 7.14. The van der Waals surface area contributed by atoms with Crippen LogP contribution >= 0.6 is 0 Å². The highest BCUT2D eigenvalue weighted by molar-refractivity contribution is 6.03. The van der Waals surface area contributed by atoms with Crippen LogP contribution in [0.15, 0.2) is 49.0 Å². The number of nitrogens with zero attached hydrogens (tertiary/aromatic N) is 2. The van der Waals surface area contributed by atoms with Crippen LogP contribution < -0.4 is 5.73 Å². The summed E-state index contributed by atoms with van der Waals surface area (Å²) in [5, 5.41) is 8.46. The molecular formula is C22H25FN4O. The molecule has 0 bridgehead atoms. The third kappa shape index (κ3) is 4.28. The maximum atomic E-state index is 14.3. The van der Waals surface area contributed by atoms with Gasteiger partial charge < -0.3 is 20.9 Å². The zero-order valence-corrected chi connectivity index (χ0v) is 16.0. The van der Waals surface area contributed by atoms with E-state index in [1.165, 1.54) is 6.07 Å². The van der Waals surface area contributed by atoms with Gasteiger partial charge in [-0.3, -0.25) is 4.79 Å². The fourth-order valence-corrected chi connectivity index (χ4v) is 3.35. The van der Waals surface area contributed by atoms with Gasteiger partial charge in [0.1, 0.15) is 5.82 Å². The number of nitrogens with one attached hydrogen (secondary N) is 1. The normalized spacial score (nSPS) is 14.7. The first-order valence-corrected chi connectivity index (χ1v) is 9.24. The monoisotopic (exact) mass is 380 g/mol. The van der Waals surface area contributed by atoms with Gasteiger partial charge in [-0.25, -0.2) is 4.39 Å². The molecule has 1 saturated heterocycles. The van der Waals surface area contributed by atoms with Gasteiger partial charge in [-0.1, -0.05) is 36.9 Å². The van der Waals surface area contributed by atoms with Crippen LogP contribution in [0, 0.1) is 11.2 Å². The van der Waals surface area contributed by atoms with Gasteiger partial charge in [0.15, 0.2) is 0 Å². The lowest BCUT2D eigenvalue weighted by Crippen LogP contribution is -2.47. The van der Waals surface area contributed by atoms with E-state index >= 15 is 0 Å². The summed E-state index contributed by atoms with van der Waals surface area (Å²) < 4.78 is 14.3. The number of carbonyl (C=O) groups is 1. The van der Waals surface area contributed by atoms with Crippen LogP contribution in [-0.2, 0) is 6.42 Å². The molecular weight excluding hydrogens is 355 g/mol. The van der Waals surface area contributed by atoms with Crippen LogP contribution in [0.1, 0.15) is 27.0 Å². The molecule has 2 aromatic carbocycles. The zero-order chi connectivity index (χ0) is 20.3. The summed E-state index contributed by atoms with van der Waals surface area (Å²) >= 11 is 0. The van der Waals surface area contributed by atoms with Gasteiger partial charge >= 0.3 is 0 Å². The average molecular weight is 380 g/mol. The first-order chi connectivity index (χ1) is 13.4. The first-order valence-electron chi connectivity index (χ1n) is 9.24. The lowest BCUT2D eigenvalue weighted by molar-refractivity contribution is 0.0659. The quantitative estimate of drug-likeness (QED) is 0.784. The highest BCUT2D eigenvalue weighted by atomic mass is 19.1. The van der Waals surface area contributed by atoms with Gasteiger partial charge in [0.05, 0.1) is 5.56 Å². The largest absolute Gasteiger partial charge is 0.399 e. The van der Waals surface area contributed by atoms with Crippen molar-refractivity contribution in [3.63, 3.8) is 0 Å². The predicted octanol–water partition coefficient (Wildman–Crippen LogP) is 2.75. The van der Waals surface area contributed by atoms with Gasteiger partial charge in [-0.2, -0.15) is 0 Å². The Kier molecular flexibility index (Phi) is 5.90. The van der Waals surface area contributed by atoms with Crippen molar-refractivity contribution in [1.29, 1.82) is 5.41 Å². The number of hydrogen-bond donors (Lipinski definition) is 2. The molecule has 28 heavy (non-hydrogen) atoms. The molecule has 0 unspecified atom stereocenters. The molecule has 0 radical (unpaired) electrons. The molecule has 2 aromatic rings. The standard InChI is InChI=1S/C22H25FN4O/c1-15(24)17-5-3-4-6-18(17)21(25)14-16-7-8-20(23)19(13-16)22(28)27-11-9-26(2)10-12-27/h3-8,13,25H,1,9-12,14,24H2,2H3. The van der Waals surface area contributed by atoms with Crippen molar-refractivity contribution in [2.45, 2.75) is 6.42 Å². The molecule has 6 heteroatoms. The SMILES string of the molecule is C=C(N)c1ccccc1C(=N)Cc1ccc(F)c(C(=O)N2CCN(C)CC2)c1.